The van der Waals surface area contributed by atoms with Crippen molar-refractivity contribution in [1.82, 2.24) is 5.32 Å². The minimum Gasteiger partial charge on any atom is -0.380 e. The molecule has 21 heavy (non-hydrogen) atoms. The lowest BCUT2D eigenvalue weighted by molar-refractivity contribution is 0.320. The molecule has 0 rings (SSSR count). The van der Waals surface area contributed by atoms with E-state index in [9.17, 15) is 0 Å². The highest BCUT2D eigenvalue weighted by Gasteiger charge is 2.22. The molecule has 0 aliphatic rings. The Morgan fingerprint density at radius 1 is 1.05 bits per heavy atom. The first-order valence-electron chi connectivity index (χ1n) is 8.19. The van der Waals surface area contributed by atoms with Gasteiger partial charge in [-0.2, -0.15) is 0 Å². The highest BCUT2D eigenvalue weighted by molar-refractivity contribution is 6.10. The van der Waals surface area contributed by atoms with Gasteiger partial charge in [0.1, 0.15) is 0 Å². The van der Waals surface area contributed by atoms with Crippen LogP contribution in [0.5, 0.6) is 0 Å². The van der Waals surface area contributed by atoms with E-state index in [-0.39, 0.29) is 5.54 Å². The second kappa shape index (κ2) is 11.5. The summed E-state index contributed by atoms with van der Waals surface area (Å²) >= 11 is 0. The van der Waals surface area contributed by atoms with E-state index >= 15 is 0 Å². The van der Waals surface area contributed by atoms with Gasteiger partial charge in [0.15, 0.2) is 0 Å². The van der Waals surface area contributed by atoms with Gasteiger partial charge in [0, 0.05) is 11.2 Å². The summed E-state index contributed by atoms with van der Waals surface area (Å²) in [7, 11) is 5.65. The molecule has 0 atom stereocenters. The van der Waals surface area contributed by atoms with Crippen molar-refractivity contribution in [3.8, 4) is 0 Å². The molecule has 0 aromatic rings. The van der Waals surface area contributed by atoms with Crippen LogP contribution < -0.4 is 5.32 Å². The largest absolute Gasteiger partial charge is 0.380 e. The summed E-state index contributed by atoms with van der Waals surface area (Å²) in [5, 5.41) is 3.68. The van der Waals surface area contributed by atoms with Gasteiger partial charge in [0.25, 0.3) is 0 Å². The van der Waals surface area contributed by atoms with Gasteiger partial charge in [0.05, 0.1) is 7.85 Å². The Morgan fingerprint density at radius 2 is 1.62 bits per heavy atom. The zero-order valence-corrected chi connectivity index (χ0v) is 14.3. The molecule has 0 heterocycles. The molecule has 0 aromatic carbocycles. The van der Waals surface area contributed by atoms with Gasteiger partial charge in [-0.1, -0.05) is 76.7 Å². The average molecular weight is 285 g/mol. The van der Waals surface area contributed by atoms with Crippen LogP contribution in [0, 0.1) is 0 Å². The van der Waals surface area contributed by atoms with Crippen molar-refractivity contribution in [2.75, 3.05) is 0 Å². The van der Waals surface area contributed by atoms with Crippen molar-refractivity contribution < 1.29 is 0 Å². The lowest BCUT2D eigenvalue weighted by Gasteiger charge is -2.33. The molecule has 0 saturated heterocycles. The molecule has 1 nitrogen and oxygen atoms in total. The zero-order chi connectivity index (χ0) is 16.1. The van der Waals surface area contributed by atoms with Gasteiger partial charge in [-0.15, -0.1) is 0 Å². The molecule has 0 bridgehead atoms. The van der Waals surface area contributed by atoms with E-state index in [4.69, 9.17) is 7.85 Å². The number of allylic oxidation sites excluding steroid dienone is 5. The van der Waals surface area contributed by atoms with Crippen molar-refractivity contribution in [3.05, 3.63) is 48.7 Å². The van der Waals surface area contributed by atoms with Crippen LogP contribution in [0.4, 0.5) is 0 Å². The molecule has 0 fully saturated rings. The molecule has 0 aromatic heterocycles. The molecule has 0 saturated carbocycles. The Balaban J connectivity index is 4.98. The first kappa shape index (κ1) is 19.8. The summed E-state index contributed by atoms with van der Waals surface area (Å²) in [4.78, 5) is 0. The van der Waals surface area contributed by atoms with Gasteiger partial charge in [0.2, 0.25) is 0 Å². The van der Waals surface area contributed by atoms with Crippen LogP contribution in [0.2, 0.25) is 6.32 Å². The van der Waals surface area contributed by atoms with E-state index < -0.39 is 0 Å². The topological polar surface area (TPSA) is 12.0 Å². The highest BCUT2D eigenvalue weighted by atomic mass is 15.0. The van der Waals surface area contributed by atoms with Crippen LogP contribution in [-0.4, -0.2) is 13.4 Å². The van der Waals surface area contributed by atoms with Crippen molar-refractivity contribution in [2.45, 2.75) is 71.2 Å². The number of rotatable bonds is 12. The first-order chi connectivity index (χ1) is 10.0. The van der Waals surface area contributed by atoms with Crippen molar-refractivity contribution in [1.29, 1.82) is 0 Å². The van der Waals surface area contributed by atoms with Gasteiger partial charge in [-0.3, -0.25) is 0 Å². The predicted molar refractivity (Wildman–Crippen MR) is 97.7 cm³/mol. The molecule has 0 aliphatic carbocycles. The molecule has 116 valence electrons. The average Bonchev–Trinajstić information content (AvgIpc) is 2.51. The summed E-state index contributed by atoms with van der Waals surface area (Å²) in [6.07, 6.45) is 15.6. The molecular formula is C19H32BN. The van der Waals surface area contributed by atoms with E-state index in [2.05, 4.69) is 39.2 Å². The second-order valence-electron chi connectivity index (χ2n) is 5.87. The summed E-state index contributed by atoms with van der Waals surface area (Å²) in [6.45, 7) is 14.5. The highest BCUT2D eigenvalue weighted by Crippen LogP contribution is 2.23. The van der Waals surface area contributed by atoms with Crippen LogP contribution in [-0.2, 0) is 0 Å². The van der Waals surface area contributed by atoms with Gasteiger partial charge in [-0.05, 0) is 31.9 Å². The maximum atomic E-state index is 5.65. The molecular weight excluding hydrogens is 253 g/mol. The van der Waals surface area contributed by atoms with Crippen LogP contribution >= 0.6 is 0 Å². The number of nitrogens with one attached hydrogen (secondary N) is 1. The third-order valence-electron chi connectivity index (χ3n) is 3.81. The summed E-state index contributed by atoms with van der Waals surface area (Å²) < 4.78 is 0. The fraction of sp³-hybridized carbons (Fsp3) is 0.579. The minimum absolute atomic E-state index is 0.136. The zero-order valence-electron chi connectivity index (χ0n) is 14.3. The minimum atomic E-state index is 0.136. The number of unbranched alkanes of at least 4 members (excludes halogenated alkanes) is 2. The molecule has 1 N–H and O–H groups in total. The number of hydrogen-bond donors (Lipinski definition) is 1. The van der Waals surface area contributed by atoms with E-state index in [0.29, 0.717) is 6.32 Å². The Kier molecular flexibility index (Phi) is 10.8. The van der Waals surface area contributed by atoms with Crippen molar-refractivity contribution in [2.24, 2.45) is 0 Å². The third kappa shape index (κ3) is 8.65. The Labute approximate surface area is 133 Å². The lowest BCUT2D eigenvalue weighted by Crippen LogP contribution is -2.41. The number of hydrogen-bond acceptors (Lipinski definition) is 1. The van der Waals surface area contributed by atoms with Crippen LogP contribution in [0.3, 0.4) is 0 Å². The summed E-state index contributed by atoms with van der Waals surface area (Å²) in [6, 6.07) is 0. The summed E-state index contributed by atoms with van der Waals surface area (Å²) in [5.74, 6) is 0. The maximum absolute atomic E-state index is 5.65. The van der Waals surface area contributed by atoms with Gasteiger partial charge < -0.3 is 5.32 Å². The molecule has 0 unspecified atom stereocenters. The molecule has 0 amide bonds. The fourth-order valence-electron chi connectivity index (χ4n) is 2.31. The molecule has 0 aliphatic heterocycles. The van der Waals surface area contributed by atoms with E-state index in [1.807, 2.05) is 18.2 Å². The summed E-state index contributed by atoms with van der Waals surface area (Å²) in [5.41, 5.74) is 2.22. The van der Waals surface area contributed by atoms with Crippen molar-refractivity contribution in [3.63, 3.8) is 0 Å². The first-order valence-corrected chi connectivity index (χ1v) is 8.19. The Morgan fingerprint density at radius 3 is 2.00 bits per heavy atom. The maximum Gasteiger partial charge on any atom is 0.0716 e. The normalized spacial score (nSPS) is 13.1. The second-order valence-corrected chi connectivity index (χ2v) is 5.87. The predicted octanol–water partition coefficient (Wildman–Crippen LogP) is 5.48. The molecule has 2 radical (unpaired) electrons. The van der Waals surface area contributed by atoms with Crippen LogP contribution in [0.15, 0.2) is 48.7 Å². The molecule has 2 heteroatoms. The van der Waals surface area contributed by atoms with Gasteiger partial charge >= 0.3 is 0 Å². The quantitative estimate of drug-likeness (QED) is 0.369. The van der Waals surface area contributed by atoms with Crippen LogP contribution in [0.1, 0.15) is 59.3 Å². The van der Waals surface area contributed by atoms with Crippen molar-refractivity contribution >= 4 is 7.85 Å². The van der Waals surface area contributed by atoms with Crippen LogP contribution in [0.25, 0.3) is 0 Å². The third-order valence-corrected chi connectivity index (χ3v) is 3.81. The van der Waals surface area contributed by atoms with E-state index in [1.165, 1.54) is 38.5 Å². The monoisotopic (exact) mass is 285 g/mol. The Bertz CT molecular complexity index is 358. The smallest absolute Gasteiger partial charge is 0.0716 e. The SMILES string of the molecule is [B]C/C(C=C)=C/C=C(\C=C)NC(C)(CCCC)CCCC. The molecule has 0 spiro atoms. The Hall–Kier alpha value is -1.18. The standard InChI is InChI=1S/C19H32BN/c1-6-10-14-19(5,15-11-7-2)21-18(9-4)13-12-17(8-3)16-20/h8-9,12-13,21H,3-4,6-7,10-11,14-16H2,1-2,5H3/b17-12+,18-13+. The van der Waals surface area contributed by atoms with E-state index in [0.717, 1.165) is 11.3 Å². The fourth-order valence-corrected chi connectivity index (χ4v) is 2.31. The lowest BCUT2D eigenvalue weighted by atomic mass is 9.88. The van der Waals surface area contributed by atoms with E-state index in [1.54, 1.807) is 6.08 Å². The van der Waals surface area contributed by atoms with Gasteiger partial charge in [-0.25, -0.2) is 0 Å².